The van der Waals surface area contributed by atoms with Crippen molar-refractivity contribution in [1.82, 2.24) is 19.5 Å². The van der Waals surface area contributed by atoms with Crippen molar-refractivity contribution in [3.8, 4) is 0 Å². The average Bonchev–Trinajstić information content (AvgIpc) is 2.93. The van der Waals surface area contributed by atoms with Crippen LogP contribution in [0.15, 0.2) is 12.7 Å². The Morgan fingerprint density at radius 3 is 3.14 bits per heavy atom. The van der Waals surface area contributed by atoms with Gasteiger partial charge in [0.25, 0.3) is 0 Å². The zero-order valence-corrected chi connectivity index (χ0v) is 12.1. The number of rotatable bonds is 6. The first-order chi connectivity index (χ1) is 10.3. The van der Waals surface area contributed by atoms with Gasteiger partial charge < -0.3 is 19.8 Å². The summed E-state index contributed by atoms with van der Waals surface area (Å²) in [4.78, 5) is 12.4. The van der Waals surface area contributed by atoms with Gasteiger partial charge in [-0.15, -0.1) is 0 Å². The van der Waals surface area contributed by atoms with Crippen molar-refractivity contribution in [2.24, 2.45) is 0 Å². The van der Waals surface area contributed by atoms with Crippen molar-refractivity contribution >= 4 is 17.0 Å². The largest absolute Gasteiger partial charge is 0.382 e. The molecule has 0 amide bonds. The minimum Gasteiger partial charge on any atom is -0.382 e. The Labute approximate surface area is 123 Å². The highest BCUT2D eigenvalue weighted by molar-refractivity contribution is 5.80. The number of fused-ring (bicyclic) bond motifs is 1. The standard InChI is InChI=1S/C14H21N5O2/c15-13-12-14(17-9-16-13)19(10-18-12)5-3-6-20-8-11-4-1-2-7-21-11/h9-11H,1-8H2,(H2,15,16,17). The van der Waals surface area contributed by atoms with Crippen LogP contribution in [0.25, 0.3) is 11.2 Å². The highest BCUT2D eigenvalue weighted by atomic mass is 16.5. The third-order valence-electron chi connectivity index (χ3n) is 3.69. The first-order valence-electron chi connectivity index (χ1n) is 7.45. The number of aromatic nitrogens is 4. The van der Waals surface area contributed by atoms with E-state index in [1.54, 1.807) is 6.33 Å². The Morgan fingerprint density at radius 2 is 2.29 bits per heavy atom. The SMILES string of the molecule is Nc1ncnc2c1ncn2CCCOCC1CCCCO1. The molecule has 0 aliphatic carbocycles. The molecule has 1 fully saturated rings. The molecule has 0 saturated carbocycles. The summed E-state index contributed by atoms with van der Waals surface area (Å²) >= 11 is 0. The summed E-state index contributed by atoms with van der Waals surface area (Å²) in [6.07, 6.45) is 7.93. The van der Waals surface area contributed by atoms with Gasteiger partial charge in [0.05, 0.1) is 19.0 Å². The second-order valence-electron chi connectivity index (χ2n) is 5.29. The number of hydrogen-bond acceptors (Lipinski definition) is 6. The molecule has 2 aromatic rings. The summed E-state index contributed by atoms with van der Waals surface area (Å²) in [6.45, 7) is 3.08. The minimum absolute atomic E-state index is 0.278. The van der Waals surface area contributed by atoms with Gasteiger partial charge in [-0.05, 0) is 25.7 Å². The number of nitrogens with zero attached hydrogens (tertiary/aromatic N) is 4. The Kier molecular flexibility index (Phi) is 4.62. The molecule has 7 nitrogen and oxygen atoms in total. The Bertz CT molecular complexity index is 580. The summed E-state index contributed by atoms with van der Waals surface area (Å²) in [5.74, 6) is 0.421. The quantitative estimate of drug-likeness (QED) is 0.809. The second kappa shape index (κ2) is 6.82. The van der Waals surface area contributed by atoms with Crippen LogP contribution in [-0.4, -0.2) is 45.4 Å². The molecule has 1 atom stereocenters. The van der Waals surface area contributed by atoms with Gasteiger partial charge in [0, 0.05) is 19.8 Å². The number of nitrogen functional groups attached to an aromatic ring is 1. The number of imidazole rings is 1. The average molecular weight is 291 g/mol. The van der Waals surface area contributed by atoms with E-state index in [1.807, 2.05) is 4.57 Å². The van der Waals surface area contributed by atoms with Gasteiger partial charge in [0.15, 0.2) is 11.5 Å². The predicted molar refractivity (Wildman–Crippen MR) is 78.8 cm³/mol. The zero-order chi connectivity index (χ0) is 14.5. The van der Waals surface area contributed by atoms with Crippen LogP contribution in [0.1, 0.15) is 25.7 Å². The van der Waals surface area contributed by atoms with E-state index in [4.69, 9.17) is 15.2 Å². The molecule has 0 spiro atoms. The molecule has 1 aliphatic rings. The van der Waals surface area contributed by atoms with Crippen LogP contribution in [-0.2, 0) is 16.0 Å². The molecule has 0 aromatic carbocycles. The maximum Gasteiger partial charge on any atom is 0.165 e. The second-order valence-corrected chi connectivity index (χ2v) is 5.29. The van der Waals surface area contributed by atoms with Crippen molar-refractivity contribution < 1.29 is 9.47 Å². The summed E-state index contributed by atoms with van der Waals surface area (Å²) in [5.41, 5.74) is 7.20. The van der Waals surface area contributed by atoms with E-state index in [0.29, 0.717) is 24.5 Å². The third kappa shape index (κ3) is 3.48. The molecule has 2 N–H and O–H groups in total. The van der Waals surface area contributed by atoms with Gasteiger partial charge in [0.2, 0.25) is 0 Å². The summed E-state index contributed by atoms with van der Waals surface area (Å²) in [6, 6.07) is 0. The van der Waals surface area contributed by atoms with Crippen LogP contribution < -0.4 is 5.73 Å². The van der Waals surface area contributed by atoms with Gasteiger partial charge in [0.1, 0.15) is 11.8 Å². The van der Waals surface area contributed by atoms with E-state index in [2.05, 4.69) is 15.0 Å². The summed E-state index contributed by atoms with van der Waals surface area (Å²) in [7, 11) is 0. The van der Waals surface area contributed by atoms with Gasteiger partial charge >= 0.3 is 0 Å². The fourth-order valence-electron chi connectivity index (χ4n) is 2.55. The fraction of sp³-hybridized carbons (Fsp3) is 0.643. The molecule has 114 valence electrons. The zero-order valence-electron chi connectivity index (χ0n) is 12.1. The normalized spacial score (nSPS) is 19.1. The van der Waals surface area contributed by atoms with Crippen LogP contribution in [0.4, 0.5) is 5.82 Å². The van der Waals surface area contributed by atoms with E-state index in [1.165, 1.54) is 19.2 Å². The van der Waals surface area contributed by atoms with Gasteiger partial charge in [-0.3, -0.25) is 0 Å². The van der Waals surface area contributed by atoms with Crippen LogP contribution in [0.2, 0.25) is 0 Å². The van der Waals surface area contributed by atoms with Crippen molar-refractivity contribution in [3.05, 3.63) is 12.7 Å². The van der Waals surface area contributed by atoms with Crippen molar-refractivity contribution in [1.29, 1.82) is 0 Å². The lowest BCUT2D eigenvalue weighted by molar-refractivity contribution is -0.0412. The van der Waals surface area contributed by atoms with Crippen LogP contribution >= 0.6 is 0 Å². The minimum atomic E-state index is 0.278. The van der Waals surface area contributed by atoms with Gasteiger partial charge in [-0.25, -0.2) is 15.0 Å². The first kappa shape index (κ1) is 14.2. The maximum atomic E-state index is 5.76. The molecule has 1 saturated heterocycles. The number of aryl methyl sites for hydroxylation is 1. The third-order valence-corrected chi connectivity index (χ3v) is 3.69. The molecule has 1 aliphatic heterocycles. The topological polar surface area (TPSA) is 88.1 Å². The Morgan fingerprint density at radius 1 is 1.33 bits per heavy atom. The fourth-order valence-corrected chi connectivity index (χ4v) is 2.55. The lowest BCUT2D eigenvalue weighted by Crippen LogP contribution is -2.24. The van der Waals surface area contributed by atoms with E-state index in [-0.39, 0.29) is 6.10 Å². The molecule has 7 heteroatoms. The summed E-state index contributed by atoms with van der Waals surface area (Å²) in [5, 5.41) is 0. The molecule has 2 aromatic heterocycles. The number of hydrogen-bond donors (Lipinski definition) is 1. The molecular weight excluding hydrogens is 270 g/mol. The first-order valence-corrected chi connectivity index (χ1v) is 7.45. The number of anilines is 1. The van der Waals surface area contributed by atoms with E-state index >= 15 is 0 Å². The van der Waals surface area contributed by atoms with Crippen molar-refractivity contribution in [3.63, 3.8) is 0 Å². The molecule has 21 heavy (non-hydrogen) atoms. The Hall–Kier alpha value is -1.73. The predicted octanol–water partition coefficient (Wildman–Crippen LogP) is 1.38. The highest BCUT2D eigenvalue weighted by Crippen LogP contribution is 2.15. The maximum absolute atomic E-state index is 5.76. The highest BCUT2D eigenvalue weighted by Gasteiger charge is 2.13. The van der Waals surface area contributed by atoms with Crippen molar-refractivity contribution in [2.75, 3.05) is 25.6 Å². The lowest BCUT2D eigenvalue weighted by Gasteiger charge is -2.22. The van der Waals surface area contributed by atoms with Gasteiger partial charge in [-0.2, -0.15) is 0 Å². The number of nitrogens with two attached hydrogens (primary N) is 1. The Balaban J connectivity index is 1.43. The van der Waals surface area contributed by atoms with E-state index in [9.17, 15) is 0 Å². The van der Waals surface area contributed by atoms with Gasteiger partial charge in [-0.1, -0.05) is 0 Å². The molecule has 0 bridgehead atoms. The molecule has 0 radical (unpaired) electrons. The monoisotopic (exact) mass is 291 g/mol. The van der Waals surface area contributed by atoms with Crippen LogP contribution in [0, 0.1) is 0 Å². The molecule has 3 heterocycles. The van der Waals surface area contributed by atoms with Crippen molar-refractivity contribution in [2.45, 2.75) is 38.3 Å². The summed E-state index contributed by atoms with van der Waals surface area (Å²) < 4.78 is 13.3. The van der Waals surface area contributed by atoms with Crippen LogP contribution in [0.3, 0.4) is 0 Å². The van der Waals surface area contributed by atoms with E-state index < -0.39 is 0 Å². The smallest absolute Gasteiger partial charge is 0.165 e. The number of ether oxygens (including phenoxy) is 2. The van der Waals surface area contributed by atoms with E-state index in [0.717, 1.165) is 31.6 Å². The molecular formula is C14H21N5O2. The molecule has 3 rings (SSSR count). The lowest BCUT2D eigenvalue weighted by atomic mass is 10.1. The molecule has 1 unspecified atom stereocenters. The van der Waals surface area contributed by atoms with Crippen LogP contribution in [0.5, 0.6) is 0 Å².